The zero-order valence-electron chi connectivity index (χ0n) is 10.9. The van der Waals surface area contributed by atoms with Gasteiger partial charge in [-0.05, 0) is 21.6 Å². The van der Waals surface area contributed by atoms with E-state index in [1.54, 1.807) is 0 Å². The smallest absolute Gasteiger partial charge is 1.00 e. The van der Waals surface area contributed by atoms with Crippen LogP contribution in [0.15, 0.2) is 0 Å². The molecule has 0 aliphatic carbocycles. The molecule has 0 radical (unpaired) electrons. The molecule has 0 aromatic heterocycles. The van der Waals surface area contributed by atoms with Crippen molar-refractivity contribution in [3.05, 3.63) is 0 Å². The molecule has 0 N–H and O–H groups in total. The van der Waals surface area contributed by atoms with Crippen molar-refractivity contribution in [1.29, 1.82) is 5.26 Å². The number of thiol groups is 1. The molecule has 0 saturated carbocycles. The molecule has 0 atom stereocenters. The van der Waals surface area contributed by atoms with Gasteiger partial charge in [0.1, 0.15) is 14.0 Å². The maximum atomic E-state index is 7.18. The summed E-state index contributed by atoms with van der Waals surface area (Å²) in [6.07, 6.45) is 0. The molecule has 0 heterocycles. The van der Waals surface area contributed by atoms with Gasteiger partial charge in [-0.2, -0.15) is 5.26 Å². The second-order valence-corrected chi connectivity index (χ2v) is 6.18. The maximum Gasteiger partial charge on any atom is 1.00 e. The van der Waals surface area contributed by atoms with E-state index < -0.39 is 0 Å². The van der Waals surface area contributed by atoms with Gasteiger partial charge < -0.3 is 11.2 Å². The fraction of sp³-hybridized carbons (Fsp3) is 0.571. The molecule has 0 fully saturated rings. The first-order valence-corrected chi connectivity index (χ1v) is 7.08. The molecule has 88 valence electrons. The second kappa shape index (κ2) is 15.0. The molecule has 16 heavy (non-hydrogen) atoms. The minimum Gasteiger partial charge on any atom is -1.00 e. The Kier molecular flexibility index (Phi) is 21.7. The normalized spacial score (nSPS) is 7.50. The Morgan fingerprint density at radius 1 is 1.12 bits per heavy atom. The number of nitriles is 1. The Labute approximate surface area is 166 Å². The summed E-state index contributed by atoms with van der Waals surface area (Å²) in [6, 6.07) is 0. The standard InChI is InChI=1S/C6H12N2S4.CHNS.K.H/c1-7(2)5(9)11-12-6(10)8(3)4;2-1-3;;/h1-4H3;3H;;/q;;+1;-1. The summed E-state index contributed by atoms with van der Waals surface area (Å²) in [5.41, 5.74) is 0. The molecule has 0 aromatic rings. The average Bonchev–Trinajstić information content (AvgIpc) is 2.14. The van der Waals surface area contributed by atoms with Crippen LogP contribution in [-0.2, 0) is 0 Å². The Bertz CT molecular complexity index is 236. The Morgan fingerprint density at radius 3 is 1.44 bits per heavy atom. The fourth-order valence-electron chi connectivity index (χ4n) is 0.220. The molecule has 0 aliphatic rings. The molecule has 0 unspecified atom stereocenters. The molecule has 0 amide bonds. The summed E-state index contributed by atoms with van der Waals surface area (Å²) in [6.45, 7) is 0. The Hall–Kier alpha value is 1.96. The van der Waals surface area contributed by atoms with E-state index in [0.717, 1.165) is 8.64 Å². The first kappa shape index (κ1) is 23.1. The summed E-state index contributed by atoms with van der Waals surface area (Å²) in [5, 5.41) is 8.63. The number of nitrogens with zero attached hydrogens (tertiary/aromatic N) is 3. The molecular formula is C7H14KN3S5. The average molecular weight is 340 g/mol. The molecular weight excluding hydrogens is 326 g/mol. The van der Waals surface area contributed by atoms with Crippen molar-refractivity contribution in [3.63, 3.8) is 0 Å². The molecule has 3 nitrogen and oxygen atoms in total. The first-order valence-electron chi connectivity index (χ1n) is 3.67. The topological polar surface area (TPSA) is 30.3 Å². The summed E-state index contributed by atoms with van der Waals surface area (Å²) >= 11 is 13.2. The Balaban J connectivity index is -0.000000152. The molecule has 0 saturated heterocycles. The van der Waals surface area contributed by atoms with Gasteiger partial charge >= 0.3 is 51.4 Å². The number of rotatable bonds is 0. The zero-order chi connectivity index (χ0) is 12.4. The van der Waals surface area contributed by atoms with Gasteiger partial charge in [0.05, 0.1) is 0 Å². The van der Waals surface area contributed by atoms with Crippen LogP contribution in [0.4, 0.5) is 0 Å². The number of thiocyanates is 1. The third kappa shape index (κ3) is 16.0. The van der Waals surface area contributed by atoms with Gasteiger partial charge in [0.2, 0.25) is 0 Å². The van der Waals surface area contributed by atoms with E-state index in [1.807, 2.05) is 38.0 Å². The van der Waals surface area contributed by atoms with E-state index in [1.165, 1.54) is 27.0 Å². The molecule has 0 bridgehead atoms. The molecule has 0 aliphatic heterocycles. The quantitative estimate of drug-likeness (QED) is 0.211. The van der Waals surface area contributed by atoms with Crippen LogP contribution in [0, 0.1) is 10.7 Å². The van der Waals surface area contributed by atoms with Crippen LogP contribution in [-0.4, -0.2) is 46.6 Å². The summed E-state index contributed by atoms with van der Waals surface area (Å²) in [7, 11) is 10.7. The van der Waals surface area contributed by atoms with Gasteiger partial charge in [-0.3, -0.25) is 0 Å². The van der Waals surface area contributed by atoms with Gasteiger partial charge in [-0.15, -0.1) is 0 Å². The maximum absolute atomic E-state index is 7.18. The third-order valence-corrected chi connectivity index (χ3v) is 5.07. The van der Waals surface area contributed by atoms with Crippen molar-refractivity contribution in [3.8, 4) is 5.40 Å². The van der Waals surface area contributed by atoms with Crippen molar-refractivity contribution in [2.75, 3.05) is 28.2 Å². The SMILES string of the molecule is CN(C)C(=S)SSC(=S)N(C)C.N#CS.[H-].[K+]. The summed E-state index contributed by atoms with van der Waals surface area (Å²) < 4.78 is 1.67. The van der Waals surface area contributed by atoms with Gasteiger partial charge in [0, 0.05) is 28.2 Å². The van der Waals surface area contributed by atoms with Gasteiger partial charge in [0.15, 0.2) is 0 Å². The monoisotopic (exact) mass is 339 g/mol. The number of hydrogen-bond donors (Lipinski definition) is 1. The minimum absolute atomic E-state index is 0. The van der Waals surface area contributed by atoms with Crippen molar-refractivity contribution < 1.29 is 52.8 Å². The van der Waals surface area contributed by atoms with Crippen molar-refractivity contribution in [2.45, 2.75) is 0 Å². The third-order valence-electron chi connectivity index (χ3n) is 0.915. The van der Waals surface area contributed by atoms with Crippen LogP contribution in [0.3, 0.4) is 0 Å². The zero-order valence-corrected chi connectivity index (χ0v) is 17.2. The second-order valence-electron chi connectivity index (χ2n) is 2.59. The molecule has 0 spiro atoms. The predicted octanol–water partition coefficient (Wildman–Crippen LogP) is -0.425. The van der Waals surface area contributed by atoms with Gasteiger partial charge in [-0.1, -0.05) is 37.1 Å². The van der Waals surface area contributed by atoms with Gasteiger partial charge in [0.25, 0.3) is 0 Å². The van der Waals surface area contributed by atoms with E-state index >= 15 is 0 Å². The van der Waals surface area contributed by atoms with Crippen LogP contribution in [0.25, 0.3) is 0 Å². The van der Waals surface area contributed by atoms with Crippen LogP contribution in [0.5, 0.6) is 0 Å². The summed E-state index contributed by atoms with van der Waals surface area (Å²) in [4.78, 5) is 3.79. The van der Waals surface area contributed by atoms with Crippen LogP contribution >= 0.6 is 58.7 Å². The molecule has 0 aromatic carbocycles. The van der Waals surface area contributed by atoms with E-state index in [2.05, 4.69) is 12.6 Å². The largest absolute Gasteiger partial charge is 1.00 e. The molecule has 0 rings (SSSR count). The van der Waals surface area contributed by atoms with Crippen molar-refractivity contribution in [2.24, 2.45) is 0 Å². The van der Waals surface area contributed by atoms with Crippen LogP contribution in [0.1, 0.15) is 1.43 Å². The van der Waals surface area contributed by atoms with Crippen molar-refractivity contribution >= 4 is 67.3 Å². The fourth-order valence-corrected chi connectivity index (χ4v) is 2.60. The first-order chi connectivity index (χ1) is 6.86. The van der Waals surface area contributed by atoms with Crippen molar-refractivity contribution in [1.82, 2.24) is 9.80 Å². The minimum atomic E-state index is 0. The van der Waals surface area contributed by atoms with E-state index in [9.17, 15) is 0 Å². The predicted molar refractivity (Wildman–Crippen MR) is 83.5 cm³/mol. The molecule has 9 heteroatoms. The van der Waals surface area contributed by atoms with Crippen LogP contribution in [0.2, 0.25) is 0 Å². The van der Waals surface area contributed by atoms with Crippen LogP contribution < -0.4 is 51.4 Å². The van der Waals surface area contributed by atoms with E-state index in [-0.39, 0.29) is 52.8 Å². The number of hydrogen-bond acceptors (Lipinski definition) is 6. The Morgan fingerprint density at radius 2 is 1.31 bits per heavy atom. The summed E-state index contributed by atoms with van der Waals surface area (Å²) in [5.74, 6) is 0. The van der Waals surface area contributed by atoms with Gasteiger partial charge in [-0.25, -0.2) is 0 Å². The van der Waals surface area contributed by atoms with E-state index in [4.69, 9.17) is 29.7 Å². The number of thiocarbonyl (C=S) groups is 2. The van der Waals surface area contributed by atoms with E-state index in [0.29, 0.717) is 0 Å².